The van der Waals surface area contributed by atoms with Crippen LogP contribution in [-0.2, 0) is 0 Å². The summed E-state index contributed by atoms with van der Waals surface area (Å²) in [5.74, 6) is 0.760. The van der Waals surface area contributed by atoms with E-state index in [0.29, 0.717) is 28.4 Å². The van der Waals surface area contributed by atoms with Gasteiger partial charge in [-0.25, -0.2) is 4.98 Å². The van der Waals surface area contributed by atoms with Crippen molar-refractivity contribution in [2.75, 3.05) is 18.4 Å². The van der Waals surface area contributed by atoms with Crippen molar-refractivity contribution in [2.24, 2.45) is 10.1 Å². The molecule has 0 radical (unpaired) electrons. The van der Waals surface area contributed by atoms with Crippen molar-refractivity contribution in [3.8, 4) is 17.4 Å². The molecule has 1 aliphatic heterocycles. The van der Waals surface area contributed by atoms with E-state index in [0.717, 1.165) is 0 Å². The molecule has 0 atom stereocenters. The molecule has 12 nitrogen and oxygen atoms in total. The van der Waals surface area contributed by atoms with Gasteiger partial charge in [0, 0.05) is 24.0 Å². The van der Waals surface area contributed by atoms with Crippen LogP contribution in [0.25, 0.3) is 5.82 Å². The molecular weight excluding hydrogens is 462 g/mol. The topological polar surface area (TPSA) is 169 Å². The second-order valence-corrected chi connectivity index (χ2v) is 9.55. The number of anilines is 1. The number of rotatable bonds is 7. The van der Waals surface area contributed by atoms with E-state index in [9.17, 15) is 13.9 Å². The number of amidine groups is 1. The number of pyridine rings is 1. The largest absolute Gasteiger partial charge is 0.490 e. The molecule has 1 aromatic carbocycles. The van der Waals surface area contributed by atoms with E-state index >= 15 is 0 Å². The molecule has 1 aliphatic rings. The van der Waals surface area contributed by atoms with E-state index in [1.54, 1.807) is 53.6 Å². The first kappa shape index (κ1) is 23.4. The molecule has 0 aliphatic carbocycles. The molecule has 34 heavy (non-hydrogen) atoms. The van der Waals surface area contributed by atoms with Crippen LogP contribution in [0.2, 0.25) is 0 Å². The summed E-state index contributed by atoms with van der Waals surface area (Å²) in [5, 5.41) is 2.95. The maximum absolute atomic E-state index is 13.0. The van der Waals surface area contributed by atoms with Gasteiger partial charge in [-0.15, -0.1) is 4.40 Å². The Morgan fingerprint density at radius 1 is 1.32 bits per heavy atom. The molecular formula is C21H25N7O5S. The number of nitrogens with one attached hydrogen (secondary N) is 2. The number of nitrogens with zero attached hydrogens (tertiary/aromatic N) is 4. The van der Waals surface area contributed by atoms with E-state index in [1.807, 2.05) is 13.8 Å². The normalized spacial score (nSPS) is 15.4. The van der Waals surface area contributed by atoms with Crippen molar-refractivity contribution >= 4 is 28.4 Å². The summed E-state index contributed by atoms with van der Waals surface area (Å²) in [6.07, 6.45) is 4.90. The summed E-state index contributed by atoms with van der Waals surface area (Å²) in [7, 11) is -1.92. The Kier molecular flexibility index (Phi) is 6.08. The fourth-order valence-corrected chi connectivity index (χ4v) is 4.16. The smallest absolute Gasteiger partial charge is 0.252 e. The minimum absolute atomic E-state index is 0.0536. The molecule has 6 N–H and O–H groups in total. The molecule has 0 saturated carbocycles. The van der Waals surface area contributed by atoms with Gasteiger partial charge in [0.2, 0.25) is 5.88 Å². The Bertz CT molecular complexity index is 1240. The molecule has 1 amide bonds. The van der Waals surface area contributed by atoms with Gasteiger partial charge in [-0.2, -0.15) is 4.98 Å². The van der Waals surface area contributed by atoms with Crippen LogP contribution in [-0.4, -0.2) is 54.6 Å². The third-order valence-corrected chi connectivity index (χ3v) is 5.77. The molecule has 13 heteroatoms. The van der Waals surface area contributed by atoms with E-state index in [4.69, 9.17) is 15.2 Å². The Morgan fingerprint density at radius 2 is 2.12 bits per heavy atom. The summed E-state index contributed by atoms with van der Waals surface area (Å²) in [5.41, 5.74) is 6.31. The number of carbonyl (C=O) groups excluding carboxylic acids is 1. The van der Waals surface area contributed by atoms with Crippen LogP contribution in [0.3, 0.4) is 0 Å². The number of hydrogen-bond acceptors (Lipinski definition) is 10. The monoisotopic (exact) mass is 487 g/mol. The first-order chi connectivity index (χ1) is 16.1. The van der Waals surface area contributed by atoms with Crippen molar-refractivity contribution in [2.45, 2.75) is 19.4 Å². The van der Waals surface area contributed by atoms with Gasteiger partial charge in [0.05, 0.1) is 23.9 Å². The lowest BCUT2D eigenvalue weighted by molar-refractivity contribution is 0.0880. The predicted molar refractivity (Wildman–Crippen MR) is 129 cm³/mol. The number of carbonyl (C=O) groups is 1. The van der Waals surface area contributed by atoms with E-state index < -0.39 is 16.5 Å². The highest BCUT2D eigenvalue weighted by Crippen LogP contribution is 2.46. The molecule has 0 fully saturated rings. The van der Waals surface area contributed by atoms with E-state index in [1.165, 1.54) is 7.11 Å². The quantitative estimate of drug-likeness (QED) is 0.336. The minimum atomic E-state index is -3.40. The van der Waals surface area contributed by atoms with Crippen molar-refractivity contribution in [3.63, 3.8) is 0 Å². The number of imidazole rings is 1. The van der Waals surface area contributed by atoms with Gasteiger partial charge in [0.15, 0.2) is 5.84 Å². The third kappa shape index (κ3) is 5.06. The van der Waals surface area contributed by atoms with Gasteiger partial charge in [-0.05, 0) is 43.0 Å². The van der Waals surface area contributed by atoms with Crippen LogP contribution in [0.4, 0.5) is 5.69 Å². The van der Waals surface area contributed by atoms with Crippen molar-refractivity contribution in [3.05, 3.63) is 60.2 Å². The standard InChI is InChI=1S/C21H25N7O5S/c1-21(2,11-33-15-6-4-5-14-18(15)19(22)27-34(30,31)26-14)25-20(29)13-9-16(24-17(10-13)32-3)28-8-7-23-12-28/h4-10,12,26,30-31H,11H2,1-3H3,(H2,22,27)(H,25,29). The van der Waals surface area contributed by atoms with E-state index in [-0.39, 0.29) is 24.2 Å². The molecule has 0 bridgehead atoms. The zero-order valence-electron chi connectivity index (χ0n) is 18.7. The van der Waals surface area contributed by atoms with Gasteiger partial charge in [0.1, 0.15) is 24.5 Å². The fourth-order valence-electron chi connectivity index (χ4n) is 3.28. The van der Waals surface area contributed by atoms with Crippen LogP contribution in [0.15, 0.2) is 53.5 Å². The molecule has 3 aromatic rings. The Morgan fingerprint density at radius 3 is 2.82 bits per heavy atom. The average molecular weight is 488 g/mol. The lowest BCUT2D eigenvalue weighted by Crippen LogP contribution is -2.48. The van der Waals surface area contributed by atoms with Crippen molar-refractivity contribution in [1.29, 1.82) is 0 Å². The zero-order chi connectivity index (χ0) is 24.5. The number of ether oxygens (including phenoxy) is 2. The predicted octanol–water partition coefficient (Wildman–Crippen LogP) is 2.57. The van der Waals surface area contributed by atoms with Gasteiger partial charge in [-0.1, -0.05) is 6.07 Å². The number of hydrogen-bond donors (Lipinski definition) is 5. The van der Waals surface area contributed by atoms with Gasteiger partial charge >= 0.3 is 0 Å². The maximum Gasteiger partial charge on any atom is 0.252 e. The summed E-state index contributed by atoms with van der Waals surface area (Å²) < 4.78 is 38.7. The van der Waals surface area contributed by atoms with Crippen LogP contribution in [0.5, 0.6) is 11.6 Å². The lowest BCUT2D eigenvalue weighted by Gasteiger charge is -2.34. The third-order valence-electron chi connectivity index (χ3n) is 4.82. The molecule has 0 saturated heterocycles. The molecule has 3 heterocycles. The molecule has 2 aromatic heterocycles. The van der Waals surface area contributed by atoms with E-state index in [2.05, 4.69) is 24.4 Å². The lowest BCUT2D eigenvalue weighted by atomic mass is 10.1. The van der Waals surface area contributed by atoms with Crippen molar-refractivity contribution < 1.29 is 23.4 Å². The SMILES string of the molecule is COc1cc(C(=O)NC(C)(C)COc2cccc3c2C(N)=NS(O)(O)N3)cc(-n2ccnc2)n1. The highest BCUT2D eigenvalue weighted by molar-refractivity contribution is 8.24. The summed E-state index contributed by atoms with van der Waals surface area (Å²) in [6, 6.07) is 8.18. The van der Waals surface area contributed by atoms with Gasteiger partial charge < -0.3 is 20.5 Å². The molecule has 4 rings (SSSR count). The molecule has 0 unspecified atom stereocenters. The number of aromatic nitrogens is 3. The second kappa shape index (κ2) is 8.85. The minimum Gasteiger partial charge on any atom is -0.490 e. The number of fused-ring (bicyclic) bond motifs is 1. The van der Waals surface area contributed by atoms with Gasteiger partial charge in [0.25, 0.3) is 5.91 Å². The molecule has 180 valence electrons. The Hall–Kier alpha value is -3.81. The summed E-state index contributed by atoms with van der Waals surface area (Å²) >= 11 is 0. The summed E-state index contributed by atoms with van der Waals surface area (Å²) in [4.78, 5) is 21.4. The number of nitrogens with two attached hydrogens (primary N) is 1. The van der Waals surface area contributed by atoms with Gasteiger partial charge in [-0.3, -0.25) is 23.2 Å². The maximum atomic E-state index is 13.0. The summed E-state index contributed by atoms with van der Waals surface area (Å²) in [6.45, 7) is 3.71. The number of methoxy groups -OCH3 is 1. The Labute approximate surface area is 197 Å². The molecule has 0 spiro atoms. The van der Waals surface area contributed by atoms with Crippen LogP contribution in [0.1, 0.15) is 29.8 Å². The number of amides is 1. The first-order valence-corrected chi connectivity index (χ1v) is 11.6. The number of benzene rings is 1. The van der Waals surface area contributed by atoms with Crippen LogP contribution in [0, 0.1) is 0 Å². The van der Waals surface area contributed by atoms with Crippen molar-refractivity contribution in [1.82, 2.24) is 19.9 Å². The average Bonchev–Trinajstić information content (AvgIpc) is 3.31. The zero-order valence-corrected chi connectivity index (χ0v) is 19.5. The van der Waals surface area contributed by atoms with Crippen LogP contribution >= 0.6 is 11.0 Å². The fraction of sp³-hybridized carbons (Fsp3) is 0.238. The highest BCUT2D eigenvalue weighted by atomic mass is 32.3. The highest BCUT2D eigenvalue weighted by Gasteiger charge is 2.27. The first-order valence-electron chi connectivity index (χ1n) is 10.1. The second-order valence-electron chi connectivity index (χ2n) is 8.13. The van der Waals surface area contributed by atoms with Crippen LogP contribution < -0.4 is 25.2 Å². The Balaban J connectivity index is 1.50.